The Morgan fingerprint density at radius 1 is 1.11 bits per heavy atom. The Morgan fingerprint density at radius 2 is 1.78 bits per heavy atom. The SMILES string of the molecule is C=CC1CCC(c2ccc(ON)c(N)c2N)CC1. The van der Waals surface area contributed by atoms with Crippen molar-refractivity contribution in [3.05, 3.63) is 30.4 Å². The molecule has 0 atom stereocenters. The van der Waals surface area contributed by atoms with Crippen LogP contribution in [0.2, 0.25) is 0 Å². The van der Waals surface area contributed by atoms with Gasteiger partial charge in [-0.3, -0.25) is 0 Å². The second-order valence-electron chi connectivity index (χ2n) is 4.95. The predicted molar refractivity (Wildman–Crippen MR) is 75.0 cm³/mol. The maximum atomic E-state index is 6.08. The lowest BCUT2D eigenvalue weighted by atomic mass is 9.78. The van der Waals surface area contributed by atoms with Gasteiger partial charge in [-0.2, -0.15) is 5.90 Å². The standard InChI is InChI=1S/C14H21N3O/c1-2-9-3-5-10(6-4-9)11-7-8-12(18-17)14(16)13(11)15/h2,7-10H,1,3-6,15-17H2. The number of nitrogens with two attached hydrogens (primary N) is 3. The van der Waals surface area contributed by atoms with Gasteiger partial charge >= 0.3 is 0 Å². The van der Waals surface area contributed by atoms with Crippen LogP contribution in [-0.4, -0.2) is 0 Å². The average molecular weight is 247 g/mol. The maximum Gasteiger partial charge on any atom is 0.171 e. The topological polar surface area (TPSA) is 87.3 Å². The number of nitrogen functional groups attached to an aromatic ring is 2. The van der Waals surface area contributed by atoms with Gasteiger partial charge in [0.2, 0.25) is 0 Å². The molecule has 0 saturated heterocycles. The molecule has 0 aromatic heterocycles. The summed E-state index contributed by atoms with van der Waals surface area (Å²) in [6, 6.07) is 3.77. The lowest BCUT2D eigenvalue weighted by Crippen LogP contribution is -2.14. The molecule has 0 heterocycles. The Morgan fingerprint density at radius 3 is 2.33 bits per heavy atom. The molecule has 1 aliphatic rings. The Labute approximate surface area is 108 Å². The molecule has 6 N–H and O–H groups in total. The summed E-state index contributed by atoms with van der Waals surface area (Å²) in [5.74, 6) is 6.71. The number of hydrogen-bond acceptors (Lipinski definition) is 4. The summed E-state index contributed by atoms with van der Waals surface area (Å²) in [7, 11) is 0. The summed E-state index contributed by atoms with van der Waals surface area (Å²) in [6.07, 6.45) is 6.65. The fourth-order valence-corrected chi connectivity index (χ4v) is 2.76. The van der Waals surface area contributed by atoms with Crippen molar-refractivity contribution in [3.63, 3.8) is 0 Å². The van der Waals surface area contributed by atoms with Crippen molar-refractivity contribution >= 4 is 11.4 Å². The van der Waals surface area contributed by atoms with E-state index >= 15 is 0 Å². The normalized spacial score (nSPS) is 23.6. The first-order valence-electron chi connectivity index (χ1n) is 6.34. The third-order valence-electron chi connectivity index (χ3n) is 3.95. The van der Waals surface area contributed by atoms with Crippen LogP contribution < -0.4 is 22.2 Å². The van der Waals surface area contributed by atoms with E-state index in [1.54, 1.807) is 6.07 Å². The van der Waals surface area contributed by atoms with Gasteiger partial charge in [-0.1, -0.05) is 12.1 Å². The molecule has 4 heteroatoms. The number of hydrogen-bond donors (Lipinski definition) is 3. The molecular formula is C14H21N3O. The first-order valence-corrected chi connectivity index (χ1v) is 6.34. The van der Waals surface area contributed by atoms with E-state index in [-0.39, 0.29) is 0 Å². The van der Waals surface area contributed by atoms with Gasteiger partial charge in [0, 0.05) is 0 Å². The largest absolute Gasteiger partial charge is 0.409 e. The third kappa shape index (κ3) is 2.29. The molecule has 1 aromatic rings. The molecule has 0 radical (unpaired) electrons. The Hall–Kier alpha value is -1.68. The average Bonchev–Trinajstić information content (AvgIpc) is 2.42. The fraction of sp³-hybridized carbons (Fsp3) is 0.429. The zero-order valence-electron chi connectivity index (χ0n) is 10.6. The van der Waals surface area contributed by atoms with Gasteiger partial charge in [0.05, 0.1) is 5.69 Å². The molecule has 0 aliphatic heterocycles. The molecule has 0 bridgehead atoms. The molecule has 4 nitrogen and oxygen atoms in total. The second-order valence-corrected chi connectivity index (χ2v) is 4.95. The van der Waals surface area contributed by atoms with Crippen molar-refractivity contribution in [2.75, 3.05) is 11.5 Å². The van der Waals surface area contributed by atoms with Gasteiger partial charge in [-0.05, 0) is 49.1 Å². The lowest BCUT2D eigenvalue weighted by Gasteiger charge is -2.28. The smallest absolute Gasteiger partial charge is 0.171 e. The van der Waals surface area contributed by atoms with Gasteiger partial charge in [-0.25, -0.2) is 0 Å². The number of benzene rings is 1. The summed E-state index contributed by atoms with van der Waals surface area (Å²) in [5.41, 5.74) is 14.2. The minimum atomic E-state index is 0.441. The van der Waals surface area contributed by atoms with E-state index < -0.39 is 0 Å². The van der Waals surface area contributed by atoms with Crippen molar-refractivity contribution in [1.82, 2.24) is 0 Å². The van der Waals surface area contributed by atoms with E-state index in [4.69, 9.17) is 17.4 Å². The minimum Gasteiger partial charge on any atom is -0.409 e. The van der Waals surface area contributed by atoms with Crippen molar-refractivity contribution in [3.8, 4) is 5.75 Å². The van der Waals surface area contributed by atoms with Crippen LogP contribution in [0.25, 0.3) is 0 Å². The van der Waals surface area contributed by atoms with E-state index in [2.05, 4.69) is 17.5 Å². The van der Waals surface area contributed by atoms with E-state index in [9.17, 15) is 0 Å². The molecule has 1 saturated carbocycles. The lowest BCUT2D eigenvalue weighted by molar-refractivity contribution is 0.336. The third-order valence-corrected chi connectivity index (χ3v) is 3.95. The van der Waals surface area contributed by atoms with E-state index in [1.807, 2.05) is 6.07 Å². The van der Waals surface area contributed by atoms with E-state index in [0.29, 0.717) is 29.0 Å². The molecule has 0 unspecified atom stereocenters. The molecular weight excluding hydrogens is 226 g/mol. The van der Waals surface area contributed by atoms with Crippen LogP contribution in [0.15, 0.2) is 24.8 Å². The maximum absolute atomic E-state index is 6.08. The van der Waals surface area contributed by atoms with E-state index in [0.717, 1.165) is 18.4 Å². The van der Waals surface area contributed by atoms with Crippen LogP contribution in [0.1, 0.15) is 37.2 Å². The van der Waals surface area contributed by atoms with Gasteiger partial charge in [0.15, 0.2) is 5.75 Å². The first-order chi connectivity index (χ1) is 8.67. The van der Waals surface area contributed by atoms with Crippen LogP contribution in [0.3, 0.4) is 0 Å². The Balaban J connectivity index is 2.19. The molecule has 0 amide bonds. The zero-order valence-corrected chi connectivity index (χ0v) is 10.6. The summed E-state index contributed by atoms with van der Waals surface area (Å²) in [5, 5.41) is 0. The van der Waals surface area contributed by atoms with Crippen molar-refractivity contribution in [1.29, 1.82) is 0 Å². The second kappa shape index (κ2) is 5.31. The van der Waals surface area contributed by atoms with Crippen LogP contribution in [0, 0.1) is 5.92 Å². The molecule has 0 spiro atoms. The van der Waals surface area contributed by atoms with Crippen LogP contribution in [-0.2, 0) is 0 Å². The van der Waals surface area contributed by atoms with E-state index in [1.165, 1.54) is 12.8 Å². The Kier molecular flexibility index (Phi) is 3.77. The summed E-state index contributed by atoms with van der Waals surface area (Å²) in [4.78, 5) is 4.68. The molecule has 1 aromatic carbocycles. The highest BCUT2D eigenvalue weighted by Gasteiger charge is 2.23. The fourth-order valence-electron chi connectivity index (χ4n) is 2.76. The van der Waals surface area contributed by atoms with Crippen molar-refractivity contribution in [2.24, 2.45) is 11.8 Å². The number of allylic oxidation sites excluding steroid dienone is 1. The van der Waals surface area contributed by atoms with Crippen molar-refractivity contribution < 1.29 is 4.84 Å². The summed E-state index contributed by atoms with van der Waals surface area (Å²) in [6.45, 7) is 3.86. The predicted octanol–water partition coefficient (Wildman–Crippen LogP) is 2.56. The van der Waals surface area contributed by atoms with Gasteiger partial charge in [0.25, 0.3) is 0 Å². The highest BCUT2D eigenvalue weighted by atomic mass is 16.6. The first kappa shape index (κ1) is 12.8. The highest BCUT2D eigenvalue weighted by Crippen LogP contribution is 2.41. The zero-order chi connectivity index (χ0) is 13.1. The van der Waals surface area contributed by atoms with Crippen LogP contribution >= 0.6 is 0 Å². The Bertz CT molecular complexity index is 437. The van der Waals surface area contributed by atoms with Gasteiger partial charge in [-0.15, -0.1) is 6.58 Å². The monoisotopic (exact) mass is 247 g/mol. The number of rotatable bonds is 3. The van der Waals surface area contributed by atoms with Gasteiger partial charge < -0.3 is 16.3 Å². The quantitative estimate of drug-likeness (QED) is 0.435. The number of anilines is 2. The van der Waals surface area contributed by atoms with Gasteiger partial charge in [0.1, 0.15) is 5.69 Å². The summed E-state index contributed by atoms with van der Waals surface area (Å²) >= 11 is 0. The molecule has 18 heavy (non-hydrogen) atoms. The van der Waals surface area contributed by atoms with Crippen LogP contribution in [0.4, 0.5) is 11.4 Å². The summed E-state index contributed by atoms with van der Waals surface area (Å²) < 4.78 is 0. The molecule has 2 rings (SSSR count). The molecule has 1 fully saturated rings. The highest BCUT2D eigenvalue weighted by molar-refractivity contribution is 5.74. The van der Waals surface area contributed by atoms with Crippen molar-refractivity contribution in [2.45, 2.75) is 31.6 Å². The molecule has 1 aliphatic carbocycles. The molecule has 98 valence electrons. The van der Waals surface area contributed by atoms with Crippen LogP contribution in [0.5, 0.6) is 5.75 Å². The minimum absolute atomic E-state index is 0.441.